The normalized spacial score (nSPS) is 13.0. The summed E-state index contributed by atoms with van der Waals surface area (Å²) in [6.07, 6.45) is -1.83. The summed E-state index contributed by atoms with van der Waals surface area (Å²) >= 11 is 0. The number of aliphatic hydroxyl groups excluding tert-OH is 1. The first kappa shape index (κ1) is 11.9. The van der Waals surface area contributed by atoms with Gasteiger partial charge in [-0.25, -0.2) is 22.0 Å². The quantitative estimate of drug-likeness (QED) is 0.466. The molecule has 0 heterocycles. The van der Waals surface area contributed by atoms with Gasteiger partial charge in [0.25, 0.3) is 0 Å². The van der Waals surface area contributed by atoms with Crippen LogP contribution in [0.1, 0.15) is 12.5 Å². The molecule has 1 aromatic rings. The minimum absolute atomic E-state index is 0.633. The van der Waals surface area contributed by atoms with Crippen molar-refractivity contribution >= 4 is 0 Å². The van der Waals surface area contributed by atoms with Gasteiger partial charge in [0, 0.05) is 12.0 Å². The molecule has 0 spiro atoms. The van der Waals surface area contributed by atoms with Gasteiger partial charge in [-0.15, -0.1) is 0 Å². The van der Waals surface area contributed by atoms with Crippen molar-refractivity contribution in [3.8, 4) is 0 Å². The van der Waals surface area contributed by atoms with E-state index in [2.05, 4.69) is 0 Å². The largest absolute Gasteiger partial charge is 0.393 e. The van der Waals surface area contributed by atoms with Crippen molar-refractivity contribution in [3.05, 3.63) is 34.6 Å². The molecule has 0 aromatic heterocycles. The van der Waals surface area contributed by atoms with Gasteiger partial charge in [0.1, 0.15) is 0 Å². The molecular weight excluding hydrogens is 219 g/mol. The van der Waals surface area contributed by atoms with Crippen molar-refractivity contribution in [2.75, 3.05) is 0 Å². The first-order chi connectivity index (χ1) is 6.86. The molecule has 1 N–H and O–H groups in total. The summed E-state index contributed by atoms with van der Waals surface area (Å²) in [4.78, 5) is 0. The summed E-state index contributed by atoms with van der Waals surface area (Å²) in [7, 11) is 0. The number of rotatable bonds is 2. The van der Waals surface area contributed by atoms with Gasteiger partial charge in [-0.3, -0.25) is 0 Å². The van der Waals surface area contributed by atoms with Crippen molar-refractivity contribution in [2.24, 2.45) is 0 Å². The number of hydrogen-bond acceptors (Lipinski definition) is 1. The third kappa shape index (κ3) is 2.09. The Morgan fingerprint density at radius 1 is 0.867 bits per heavy atom. The minimum atomic E-state index is -2.20. The summed E-state index contributed by atoms with van der Waals surface area (Å²) in [5.41, 5.74) is -0.999. The molecule has 0 aliphatic heterocycles. The van der Waals surface area contributed by atoms with Crippen LogP contribution >= 0.6 is 0 Å². The molecule has 6 heteroatoms. The summed E-state index contributed by atoms with van der Waals surface area (Å²) < 4.78 is 63.6. The average molecular weight is 226 g/mol. The van der Waals surface area contributed by atoms with E-state index in [1.54, 1.807) is 0 Å². The highest BCUT2D eigenvalue weighted by Crippen LogP contribution is 2.23. The molecule has 0 fully saturated rings. The predicted molar refractivity (Wildman–Crippen MR) is 41.6 cm³/mol. The topological polar surface area (TPSA) is 20.2 Å². The standard InChI is InChI=1S/C9H7F5O/c1-3(15)2-4-5(10)7(12)9(14)8(13)6(4)11/h3,15H,2H2,1H3. The van der Waals surface area contributed by atoms with Gasteiger partial charge in [-0.1, -0.05) is 0 Å². The fourth-order valence-corrected chi connectivity index (χ4v) is 1.12. The highest BCUT2D eigenvalue weighted by Gasteiger charge is 2.25. The second-order valence-corrected chi connectivity index (χ2v) is 3.10. The molecule has 0 bridgehead atoms. The van der Waals surface area contributed by atoms with E-state index in [4.69, 9.17) is 5.11 Å². The third-order valence-electron chi connectivity index (χ3n) is 1.80. The van der Waals surface area contributed by atoms with Crippen LogP contribution in [0.25, 0.3) is 0 Å². The van der Waals surface area contributed by atoms with Crippen molar-refractivity contribution < 1.29 is 27.1 Å². The average Bonchev–Trinajstić information content (AvgIpc) is 2.18. The molecule has 1 aromatic carbocycles. The summed E-state index contributed by atoms with van der Waals surface area (Å²) in [6, 6.07) is 0. The maximum atomic E-state index is 12.9. The minimum Gasteiger partial charge on any atom is -0.393 e. The molecule has 1 nitrogen and oxygen atoms in total. The maximum Gasteiger partial charge on any atom is 0.200 e. The lowest BCUT2D eigenvalue weighted by molar-refractivity contribution is 0.191. The Kier molecular flexibility index (Phi) is 3.28. The van der Waals surface area contributed by atoms with Gasteiger partial charge in [0.2, 0.25) is 5.82 Å². The maximum absolute atomic E-state index is 12.9. The molecule has 0 saturated carbocycles. The summed E-state index contributed by atoms with van der Waals surface area (Å²) in [5, 5.41) is 8.83. The monoisotopic (exact) mass is 226 g/mol. The van der Waals surface area contributed by atoms with E-state index in [0.29, 0.717) is 0 Å². The molecule has 0 amide bonds. The Labute approximate surface area is 82.1 Å². The molecular formula is C9H7F5O. The molecule has 84 valence electrons. The predicted octanol–water partition coefficient (Wildman–Crippen LogP) is 2.31. The van der Waals surface area contributed by atoms with Gasteiger partial charge in [-0.2, -0.15) is 0 Å². The van der Waals surface area contributed by atoms with Gasteiger partial charge in [-0.05, 0) is 6.92 Å². The highest BCUT2D eigenvalue weighted by molar-refractivity contribution is 5.24. The second-order valence-electron chi connectivity index (χ2n) is 3.10. The van der Waals surface area contributed by atoms with Crippen LogP contribution in [-0.4, -0.2) is 11.2 Å². The van der Waals surface area contributed by atoms with E-state index in [1.165, 1.54) is 6.92 Å². The molecule has 0 aliphatic rings. The van der Waals surface area contributed by atoms with E-state index in [9.17, 15) is 22.0 Å². The molecule has 0 radical (unpaired) electrons. The number of halogens is 5. The zero-order valence-corrected chi connectivity index (χ0v) is 7.62. The van der Waals surface area contributed by atoms with Crippen molar-refractivity contribution in [3.63, 3.8) is 0 Å². The first-order valence-electron chi connectivity index (χ1n) is 4.04. The van der Waals surface area contributed by atoms with Gasteiger partial charge >= 0.3 is 0 Å². The lowest BCUT2D eigenvalue weighted by atomic mass is 10.1. The van der Waals surface area contributed by atoms with Crippen molar-refractivity contribution in [1.29, 1.82) is 0 Å². The van der Waals surface area contributed by atoms with E-state index >= 15 is 0 Å². The molecule has 0 saturated heterocycles. The highest BCUT2D eigenvalue weighted by atomic mass is 19.2. The van der Waals surface area contributed by atoms with Gasteiger partial charge in [0.15, 0.2) is 23.3 Å². The number of benzene rings is 1. The third-order valence-corrected chi connectivity index (χ3v) is 1.80. The molecule has 1 unspecified atom stereocenters. The fraction of sp³-hybridized carbons (Fsp3) is 0.333. The zero-order valence-electron chi connectivity index (χ0n) is 7.62. The van der Waals surface area contributed by atoms with Crippen molar-refractivity contribution in [2.45, 2.75) is 19.4 Å². The zero-order chi connectivity index (χ0) is 11.7. The van der Waals surface area contributed by atoms with E-state index in [-0.39, 0.29) is 0 Å². The molecule has 1 rings (SSSR count). The van der Waals surface area contributed by atoms with Crippen LogP contribution in [0.3, 0.4) is 0 Å². The second kappa shape index (κ2) is 4.14. The Morgan fingerprint density at radius 3 is 1.53 bits per heavy atom. The first-order valence-corrected chi connectivity index (χ1v) is 4.04. The van der Waals surface area contributed by atoms with Crippen LogP contribution in [0.4, 0.5) is 22.0 Å². The summed E-state index contributed by atoms with van der Waals surface area (Å²) in [5.74, 6) is -9.98. The fourth-order valence-electron chi connectivity index (χ4n) is 1.12. The number of aliphatic hydroxyl groups is 1. The summed E-state index contributed by atoms with van der Waals surface area (Å²) in [6.45, 7) is 1.18. The van der Waals surface area contributed by atoms with Gasteiger partial charge < -0.3 is 5.11 Å². The van der Waals surface area contributed by atoms with Crippen LogP contribution in [0.15, 0.2) is 0 Å². The van der Waals surface area contributed by atoms with E-state index in [0.717, 1.165) is 0 Å². The van der Waals surface area contributed by atoms with E-state index < -0.39 is 47.2 Å². The van der Waals surface area contributed by atoms with Crippen LogP contribution in [0, 0.1) is 29.1 Å². The lowest BCUT2D eigenvalue weighted by Crippen LogP contribution is -2.13. The van der Waals surface area contributed by atoms with Crippen molar-refractivity contribution in [1.82, 2.24) is 0 Å². The lowest BCUT2D eigenvalue weighted by Gasteiger charge is -2.09. The smallest absolute Gasteiger partial charge is 0.200 e. The molecule has 1 atom stereocenters. The van der Waals surface area contributed by atoms with E-state index in [1.807, 2.05) is 0 Å². The Hall–Kier alpha value is -1.17. The van der Waals surface area contributed by atoms with Crippen LogP contribution in [0.2, 0.25) is 0 Å². The molecule has 15 heavy (non-hydrogen) atoms. The van der Waals surface area contributed by atoms with Crippen LogP contribution in [-0.2, 0) is 6.42 Å². The Balaban J connectivity index is 3.39. The van der Waals surface area contributed by atoms with Gasteiger partial charge in [0.05, 0.1) is 6.10 Å². The Morgan fingerprint density at radius 2 is 1.20 bits per heavy atom. The van der Waals surface area contributed by atoms with Crippen LogP contribution in [0.5, 0.6) is 0 Å². The number of hydrogen-bond donors (Lipinski definition) is 1. The Bertz CT molecular complexity index is 360. The van der Waals surface area contributed by atoms with Crippen LogP contribution < -0.4 is 0 Å². The SMILES string of the molecule is CC(O)Cc1c(F)c(F)c(F)c(F)c1F. The molecule has 0 aliphatic carbocycles.